The highest BCUT2D eigenvalue weighted by Crippen LogP contribution is 2.14. The van der Waals surface area contributed by atoms with Gasteiger partial charge in [0.2, 0.25) is 59.1 Å². The van der Waals surface area contributed by atoms with Crippen molar-refractivity contribution in [1.29, 1.82) is 0 Å². The minimum absolute atomic E-state index is 0.0188. The molecule has 0 spiro atoms. The van der Waals surface area contributed by atoms with Crippen molar-refractivity contribution in [2.24, 2.45) is 11.5 Å². The van der Waals surface area contributed by atoms with Crippen molar-refractivity contribution in [1.82, 2.24) is 53.2 Å². The monoisotopic (exact) mass is 1170 g/mol. The van der Waals surface area contributed by atoms with Crippen molar-refractivity contribution in [3.8, 4) is 0 Å². The van der Waals surface area contributed by atoms with Gasteiger partial charge in [0.05, 0.1) is 12.8 Å². The third-order valence-corrected chi connectivity index (χ3v) is 12.8. The van der Waals surface area contributed by atoms with Crippen LogP contribution in [-0.4, -0.2) is 199 Å². The maximum absolute atomic E-state index is 14.0. The Labute approximate surface area is 467 Å². The number of unbranched alkanes of at least 4 members (excludes halogenated alkanes) is 3. The molecule has 20 N–H and O–H groups in total. The van der Waals surface area contributed by atoms with Crippen molar-refractivity contribution in [3.05, 3.63) is 0 Å². The number of rotatable bonds is 41. The fraction of sp³-hybridized carbons (Fsp3) is 0.667. The average molecular weight is 1170 g/mol. The Balaban J connectivity index is 2.52. The fourth-order valence-corrected chi connectivity index (χ4v) is 8.38. The Hall–Kier alpha value is -8.56. The molecule has 2 heterocycles. The molecule has 458 valence electrons. The summed E-state index contributed by atoms with van der Waals surface area (Å²) >= 11 is 0. The quantitative estimate of drug-likeness (QED) is 0.0254. The van der Waals surface area contributed by atoms with E-state index in [9.17, 15) is 107 Å². The molecule has 2 aliphatic rings. The van der Waals surface area contributed by atoms with Crippen LogP contribution >= 0.6 is 0 Å². The molecule has 10 atom stereocenters. The molecule has 0 saturated carbocycles. The number of carbonyl (C=O) groups excluding carboxylic acids is 10. The van der Waals surface area contributed by atoms with Crippen molar-refractivity contribution < 1.29 is 107 Å². The maximum atomic E-state index is 14.0. The summed E-state index contributed by atoms with van der Waals surface area (Å²) in [5, 5.41) is 80.6. The SMILES string of the molecule is NCCCC[C@H](NC(=O)[C@H](CCCC[C@H](NC(=O)[C@H](CC(=O)O)NC(=O)[C@H](CCC(=O)O)NC(=O)[C@H]1CCC(=O)N1)C(=O)N[C@@H](CCCCN)C(=O)O)NC(=O)[C@H](CC(=O)O)NC(=O)[C@H](CCC(=O)O)NC(=O)[C@H]1CCC(=O)N1)C(=O)O. The number of carboxylic acids is 6. The van der Waals surface area contributed by atoms with E-state index in [2.05, 4.69) is 53.2 Å². The first-order valence-corrected chi connectivity index (χ1v) is 26.4. The zero-order valence-electron chi connectivity index (χ0n) is 44.7. The van der Waals surface area contributed by atoms with Crippen LogP contribution in [0.25, 0.3) is 0 Å². The smallest absolute Gasteiger partial charge is 0.326 e. The number of carboxylic acid groups (broad SMARTS) is 6. The van der Waals surface area contributed by atoms with Crippen LogP contribution in [0.4, 0.5) is 0 Å². The third-order valence-electron chi connectivity index (χ3n) is 12.8. The van der Waals surface area contributed by atoms with Crippen molar-refractivity contribution in [2.75, 3.05) is 13.1 Å². The van der Waals surface area contributed by atoms with Crippen LogP contribution in [0.15, 0.2) is 0 Å². The molecule has 0 aromatic heterocycles. The highest BCUT2D eigenvalue weighted by molar-refractivity contribution is 5.99. The molecule has 0 aliphatic carbocycles. The Kier molecular flexibility index (Phi) is 30.5. The lowest BCUT2D eigenvalue weighted by Crippen LogP contribution is -2.59. The number of aliphatic carboxylic acids is 6. The Morgan fingerprint density at radius 2 is 0.646 bits per heavy atom. The van der Waals surface area contributed by atoms with Gasteiger partial charge in [-0.25, -0.2) is 9.59 Å². The highest BCUT2D eigenvalue weighted by atomic mass is 16.4. The van der Waals surface area contributed by atoms with Gasteiger partial charge in [0.15, 0.2) is 0 Å². The van der Waals surface area contributed by atoms with Gasteiger partial charge in [-0.05, 0) is 90.1 Å². The molecule has 34 nitrogen and oxygen atoms in total. The van der Waals surface area contributed by atoms with Gasteiger partial charge < -0.3 is 95.3 Å². The van der Waals surface area contributed by atoms with E-state index in [1.165, 1.54) is 0 Å². The molecule has 0 bridgehead atoms. The van der Waals surface area contributed by atoms with Crippen LogP contribution in [0.5, 0.6) is 0 Å². The summed E-state index contributed by atoms with van der Waals surface area (Å²) in [4.78, 5) is 204. The lowest BCUT2D eigenvalue weighted by Gasteiger charge is -2.27. The topological polar surface area (TPSA) is 567 Å². The number of hydrogen-bond donors (Lipinski definition) is 18. The van der Waals surface area contributed by atoms with Crippen molar-refractivity contribution >= 4 is 94.9 Å². The molecule has 34 heteroatoms. The standard InChI is InChI=1S/C48H74N12O22/c49-19-5-3-9-29(47(79)80)57-39(71)23(53-45(77)31(21-37(67)68)59-43(75)27(13-17-35(63)64)55-41(73)25-11-15-33(61)51-25)7-1-2-8-24(40(72)58-30(48(81)82)10-4-6-20-50)54-46(78)32(22-38(69)70)60-44(76)28(14-18-36(65)66)56-42(74)26-12-16-34(62)52-26/h23-32H,1-22,49-50H2,(H,51,61)(H,52,62)(H,53,77)(H,54,78)(H,55,73)(H,56,74)(H,57,71)(H,58,72)(H,59,75)(H,60,76)(H,63,64)(H,65,66)(H,67,68)(H,69,70)(H,79,80)(H,81,82)/t23-,24-,25+,26+,27-,28-,29-,30-,31-,32-/m0/s1. The zero-order chi connectivity index (χ0) is 61.6. The van der Waals surface area contributed by atoms with E-state index >= 15 is 0 Å². The van der Waals surface area contributed by atoms with E-state index in [1.54, 1.807) is 0 Å². The van der Waals surface area contributed by atoms with Crippen LogP contribution in [0, 0.1) is 0 Å². The second kappa shape index (κ2) is 35.9. The minimum atomic E-state index is -2.07. The predicted octanol–water partition coefficient (Wildman–Crippen LogP) is -5.91. The van der Waals surface area contributed by atoms with Crippen LogP contribution in [-0.2, 0) is 76.7 Å². The number of carbonyl (C=O) groups is 16. The zero-order valence-corrected chi connectivity index (χ0v) is 44.7. The predicted molar refractivity (Wildman–Crippen MR) is 276 cm³/mol. The van der Waals surface area contributed by atoms with Crippen molar-refractivity contribution in [2.45, 2.75) is 189 Å². The molecule has 10 amide bonds. The largest absolute Gasteiger partial charge is 0.481 e. The summed E-state index contributed by atoms with van der Waals surface area (Å²) < 4.78 is 0. The van der Waals surface area contributed by atoms with Gasteiger partial charge in [-0.3, -0.25) is 67.1 Å². The number of amides is 10. The van der Waals surface area contributed by atoms with E-state index in [0.717, 1.165) is 0 Å². The van der Waals surface area contributed by atoms with Gasteiger partial charge in [0.25, 0.3) is 0 Å². The Morgan fingerprint density at radius 3 is 0.915 bits per heavy atom. The van der Waals surface area contributed by atoms with Gasteiger partial charge in [-0.2, -0.15) is 0 Å². The van der Waals surface area contributed by atoms with Gasteiger partial charge >= 0.3 is 35.8 Å². The lowest BCUT2D eigenvalue weighted by molar-refractivity contribution is -0.143. The number of nitrogens with two attached hydrogens (primary N) is 2. The van der Waals surface area contributed by atoms with E-state index in [1.807, 2.05) is 0 Å². The normalized spacial score (nSPS) is 17.4. The summed E-state index contributed by atoms with van der Waals surface area (Å²) in [7, 11) is 0. The maximum Gasteiger partial charge on any atom is 0.326 e. The molecule has 0 aromatic carbocycles. The first kappa shape index (κ1) is 69.5. The summed E-state index contributed by atoms with van der Waals surface area (Å²) in [5.74, 6) is -19.6. The van der Waals surface area contributed by atoms with E-state index in [4.69, 9.17) is 11.5 Å². The summed E-state index contributed by atoms with van der Waals surface area (Å²) in [5.41, 5.74) is 11.1. The van der Waals surface area contributed by atoms with Gasteiger partial charge in [-0.1, -0.05) is 12.8 Å². The Bertz CT molecular complexity index is 2200. The molecule has 0 aromatic rings. The molecule has 82 heavy (non-hydrogen) atoms. The van der Waals surface area contributed by atoms with Gasteiger partial charge in [0, 0.05) is 25.7 Å². The molecule has 2 saturated heterocycles. The van der Waals surface area contributed by atoms with Crippen LogP contribution < -0.4 is 64.6 Å². The van der Waals surface area contributed by atoms with E-state index < -0.39 is 207 Å². The second-order valence-corrected chi connectivity index (χ2v) is 19.4. The van der Waals surface area contributed by atoms with Gasteiger partial charge in [0.1, 0.15) is 60.4 Å². The molecule has 2 fully saturated rings. The molecular formula is C48H74N12O22. The van der Waals surface area contributed by atoms with E-state index in [0.29, 0.717) is 12.8 Å². The summed E-state index contributed by atoms with van der Waals surface area (Å²) in [6.45, 7) is 0.316. The van der Waals surface area contributed by atoms with Crippen LogP contribution in [0.2, 0.25) is 0 Å². The molecule has 0 radical (unpaired) electrons. The average Bonchev–Trinajstić information content (AvgIpc) is 4.12. The molecule has 2 rings (SSSR count). The number of nitrogens with one attached hydrogen (secondary N) is 10. The lowest BCUT2D eigenvalue weighted by atomic mass is 10.0. The second-order valence-electron chi connectivity index (χ2n) is 19.4. The van der Waals surface area contributed by atoms with E-state index in [-0.39, 0.29) is 77.3 Å². The highest BCUT2D eigenvalue weighted by Gasteiger charge is 2.37. The number of hydrogen-bond acceptors (Lipinski definition) is 18. The molecule has 0 unspecified atom stereocenters. The molecular weight excluding hydrogens is 1100 g/mol. The fourth-order valence-electron chi connectivity index (χ4n) is 8.38. The van der Waals surface area contributed by atoms with Crippen molar-refractivity contribution in [3.63, 3.8) is 0 Å². The van der Waals surface area contributed by atoms with Gasteiger partial charge in [-0.15, -0.1) is 0 Å². The third kappa shape index (κ3) is 26.1. The minimum Gasteiger partial charge on any atom is -0.481 e. The Morgan fingerprint density at radius 1 is 0.378 bits per heavy atom. The summed E-state index contributed by atoms with van der Waals surface area (Å²) in [6.07, 6.45) is -5.75. The summed E-state index contributed by atoms with van der Waals surface area (Å²) in [6, 6.07) is -16.5. The molecule has 2 aliphatic heterocycles. The van der Waals surface area contributed by atoms with Crippen LogP contribution in [0.3, 0.4) is 0 Å². The van der Waals surface area contributed by atoms with Crippen LogP contribution in [0.1, 0.15) is 128 Å². The first-order valence-electron chi connectivity index (χ1n) is 26.4. The first-order chi connectivity index (χ1) is 38.6.